The zero-order valence-corrected chi connectivity index (χ0v) is 41.9. The van der Waals surface area contributed by atoms with Crippen LogP contribution in [-0.4, -0.2) is 9.13 Å². The first-order valence-corrected chi connectivity index (χ1v) is 25.5. The second kappa shape index (κ2) is 18.9. The molecule has 11 aromatic carbocycles. The molecule has 0 unspecified atom stereocenters. The van der Waals surface area contributed by atoms with Gasteiger partial charge in [0.1, 0.15) is 0 Å². The van der Waals surface area contributed by atoms with E-state index in [0.717, 1.165) is 101 Å². The number of aryl methyl sites for hydroxylation is 2. The van der Waals surface area contributed by atoms with Gasteiger partial charge in [0.05, 0.1) is 40.3 Å². The number of aromatic nitrogens is 2. The van der Waals surface area contributed by atoms with E-state index in [0.29, 0.717) is 11.3 Å². The molecule has 0 aliphatic rings. The lowest BCUT2D eigenvalue weighted by Crippen LogP contribution is -2.10. The summed E-state index contributed by atoms with van der Waals surface area (Å²) in [5, 5.41) is 14.5. The summed E-state index contributed by atoms with van der Waals surface area (Å²) in [5.74, 6) is 0. The van der Waals surface area contributed by atoms with Crippen LogP contribution < -0.4 is 9.80 Å². The zero-order chi connectivity index (χ0) is 51.3. The van der Waals surface area contributed by atoms with Crippen molar-refractivity contribution in [3.8, 4) is 39.7 Å². The number of nitrogens with zero attached hydrogens (tertiary/aromatic N) is 6. The smallest absolute Gasteiger partial charge is 0.187 e. The van der Waals surface area contributed by atoms with E-state index < -0.39 is 0 Å². The second-order valence-electron chi connectivity index (χ2n) is 19.4. The fraction of sp³-hybridized carbons (Fsp3) is 0.0286. The molecule has 0 fully saturated rings. The molecule has 0 spiro atoms. The lowest BCUT2D eigenvalue weighted by molar-refractivity contribution is 1.17. The number of para-hydroxylation sites is 2. The van der Waals surface area contributed by atoms with Crippen molar-refractivity contribution < 1.29 is 0 Å². The minimum Gasteiger partial charge on any atom is -0.311 e. The first kappa shape index (κ1) is 45.5. The number of nitriles is 1. The highest BCUT2D eigenvalue weighted by Crippen LogP contribution is 2.43. The lowest BCUT2D eigenvalue weighted by Gasteiger charge is -2.26. The fourth-order valence-corrected chi connectivity index (χ4v) is 10.9. The Balaban J connectivity index is 0.863. The Morgan fingerprint density at radius 2 is 0.763 bits per heavy atom. The third-order valence-corrected chi connectivity index (χ3v) is 14.7. The molecule has 0 saturated carbocycles. The van der Waals surface area contributed by atoms with Gasteiger partial charge in [0.2, 0.25) is 0 Å². The van der Waals surface area contributed by atoms with Crippen LogP contribution in [0.1, 0.15) is 16.7 Å². The maximum absolute atomic E-state index is 9.77. The van der Waals surface area contributed by atoms with Gasteiger partial charge in [0.15, 0.2) is 5.69 Å². The average molecular weight is 973 g/mol. The van der Waals surface area contributed by atoms with Crippen molar-refractivity contribution >= 4 is 83.4 Å². The summed E-state index contributed by atoms with van der Waals surface area (Å²) in [4.78, 5) is 8.25. The maximum atomic E-state index is 9.77. The maximum Gasteiger partial charge on any atom is 0.187 e. The van der Waals surface area contributed by atoms with E-state index in [1.54, 1.807) is 0 Å². The van der Waals surface area contributed by atoms with E-state index in [4.69, 9.17) is 6.57 Å². The van der Waals surface area contributed by atoms with Gasteiger partial charge in [-0.15, -0.1) is 0 Å². The van der Waals surface area contributed by atoms with Crippen molar-refractivity contribution in [1.29, 1.82) is 5.26 Å². The van der Waals surface area contributed by atoms with Crippen molar-refractivity contribution in [1.82, 2.24) is 9.13 Å². The summed E-state index contributed by atoms with van der Waals surface area (Å²) in [6.45, 7) is 11.9. The Hall–Kier alpha value is -10.4. The van der Waals surface area contributed by atoms with Gasteiger partial charge in [-0.2, -0.15) is 5.26 Å². The lowest BCUT2D eigenvalue weighted by atomic mass is 9.98. The summed E-state index contributed by atoms with van der Waals surface area (Å²) >= 11 is 0. The van der Waals surface area contributed by atoms with E-state index in [9.17, 15) is 5.26 Å². The second-order valence-corrected chi connectivity index (χ2v) is 19.4. The van der Waals surface area contributed by atoms with Gasteiger partial charge in [-0.3, -0.25) is 0 Å². The van der Waals surface area contributed by atoms with Crippen LogP contribution in [0.5, 0.6) is 0 Å². The number of fused-ring (bicyclic) bond motifs is 6. The molecular weight excluding hydrogens is 925 g/mol. The van der Waals surface area contributed by atoms with Crippen molar-refractivity contribution in [3.63, 3.8) is 0 Å². The number of hydrogen-bond acceptors (Lipinski definition) is 3. The van der Waals surface area contributed by atoms with Crippen LogP contribution in [0, 0.1) is 31.8 Å². The third-order valence-electron chi connectivity index (χ3n) is 14.7. The number of hydrogen-bond donors (Lipinski definition) is 0. The monoisotopic (exact) mass is 972 g/mol. The van der Waals surface area contributed by atoms with Crippen LogP contribution in [0.3, 0.4) is 0 Å². The van der Waals surface area contributed by atoms with Crippen LogP contribution in [0.15, 0.2) is 255 Å². The summed E-state index contributed by atoms with van der Waals surface area (Å²) in [7, 11) is 0. The highest BCUT2D eigenvalue weighted by atomic mass is 15.1. The first-order chi connectivity index (χ1) is 37.4. The molecule has 2 heterocycles. The molecule has 0 amide bonds. The normalized spacial score (nSPS) is 11.3. The quantitative estimate of drug-likeness (QED) is 0.128. The summed E-state index contributed by atoms with van der Waals surface area (Å²) in [5.41, 5.74) is 20.8. The average Bonchev–Trinajstić information content (AvgIpc) is 3.99. The van der Waals surface area contributed by atoms with Gasteiger partial charge in [-0.25, -0.2) is 4.85 Å². The van der Waals surface area contributed by atoms with Gasteiger partial charge in [-0.1, -0.05) is 126 Å². The molecule has 6 heteroatoms. The molecule has 0 atom stereocenters. The molecule has 0 N–H and O–H groups in total. The molecule has 0 aliphatic heterocycles. The minimum absolute atomic E-state index is 0.600. The van der Waals surface area contributed by atoms with Crippen LogP contribution in [0.2, 0.25) is 0 Å². The van der Waals surface area contributed by atoms with Crippen LogP contribution >= 0.6 is 0 Å². The minimum atomic E-state index is 0.600. The molecule has 358 valence electrons. The predicted molar refractivity (Wildman–Crippen MR) is 316 cm³/mol. The Morgan fingerprint density at radius 3 is 1.28 bits per heavy atom. The Labute approximate surface area is 441 Å². The number of anilines is 6. The Bertz CT molecular complexity index is 4420. The SMILES string of the molecule is [C-]#[N+]c1ccc(N(c2ccc(-c3cccc(-c4cccc(N(c5ccc(C#N)cc5)c5ccc6c(c5)c5ccccc5n6-c5ccc(C)cc5)c4)c3)cc2)c2ccc3c(c2)c2ccccc2n3-c2ccc(C)cc2)cc1. The molecule has 0 saturated heterocycles. The van der Waals surface area contributed by atoms with E-state index in [2.05, 4.69) is 250 Å². The molecule has 2 aromatic heterocycles. The van der Waals surface area contributed by atoms with Gasteiger partial charge >= 0.3 is 0 Å². The van der Waals surface area contributed by atoms with Crippen LogP contribution in [0.25, 0.3) is 82.1 Å². The van der Waals surface area contributed by atoms with E-state index in [1.807, 2.05) is 48.5 Å². The van der Waals surface area contributed by atoms with E-state index in [1.165, 1.54) is 21.9 Å². The van der Waals surface area contributed by atoms with Crippen molar-refractivity contribution in [3.05, 3.63) is 283 Å². The van der Waals surface area contributed by atoms with Crippen molar-refractivity contribution in [2.45, 2.75) is 13.8 Å². The van der Waals surface area contributed by atoms with Gasteiger partial charge < -0.3 is 18.9 Å². The third kappa shape index (κ3) is 8.08. The first-order valence-electron chi connectivity index (χ1n) is 25.5. The Kier molecular flexibility index (Phi) is 11.3. The molecule has 0 radical (unpaired) electrons. The predicted octanol–water partition coefficient (Wildman–Crippen LogP) is 19.2. The molecule has 6 nitrogen and oxygen atoms in total. The molecule has 13 aromatic rings. The molecule has 0 aliphatic carbocycles. The molecule has 0 bridgehead atoms. The van der Waals surface area contributed by atoms with Crippen molar-refractivity contribution in [2.75, 3.05) is 9.80 Å². The molecule has 76 heavy (non-hydrogen) atoms. The molecular formula is C70H48N6. The van der Waals surface area contributed by atoms with E-state index >= 15 is 0 Å². The highest BCUT2D eigenvalue weighted by Gasteiger charge is 2.20. The largest absolute Gasteiger partial charge is 0.311 e. The summed E-state index contributed by atoms with van der Waals surface area (Å²) in [6.07, 6.45) is 0. The summed E-state index contributed by atoms with van der Waals surface area (Å²) in [6, 6.07) is 92.3. The number of benzene rings is 11. The van der Waals surface area contributed by atoms with Crippen LogP contribution in [-0.2, 0) is 0 Å². The van der Waals surface area contributed by atoms with Gasteiger partial charge in [0, 0.05) is 67.0 Å². The van der Waals surface area contributed by atoms with Gasteiger partial charge in [-0.05, 0) is 176 Å². The van der Waals surface area contributed by atoms with Crippen molar-refractivity contribution in [2.24, 2.45) is 0 Å². The summed E-state index contributed by atoms with van der Waals surface area (Å²) < 4.78 is 4.70. The topological polar surface area (TPSA) is 44.5 Å². The Morgan fingerprint density at radius 1 is 0.355 bits per heavy atom. The fourth-order valence-electron chi connectivity index (χ4n) is 10.9. The standard InChI is InChI=1S/C70H48N6/c1-47-18-28-58(29-19-47)75-67-16-6-4-14-63(67)65-44-61(38-40-69(65)75)73(57-36-26-54(72-3)27-37-57)56-34-24-50(25-35-56)51-10-8-11-52(42-51)53-12-9-13-60(43-53)74(55-32-22-49(46-71)23-33-55)62-39-41-70-66(45-62)64-15-5-7-17-68(64)76(70)59-30-20-48(2)21-31-59/h4-45H,1-2H3. The zero-order valence-electron chi connectivity index (χ0n) is 41.9. The highest BCUT2D eigenvalue weighted by molar-refractivity contribution is 6.12. The number of rotatable bonds is 10. The van der Waals surface area contributed by atoms with E-state index in [-0.39, 0.29) is 0 Å². The van der Waals surface area contributed by atoms with Gasteiger partial charge in [0.25, 0.3) is 0 Å². The van der Waals surface area contributed by atoms with Crippen LogP contribution in [0.4, 0.5) is 39.8 Å². The molecule has 13 rings (SSSR count).